The number of anilines is 1. The van der Waals surface area contributed by atoms with E-state index in [1.807, 2.05) is 37.3 Å². The maximum atomic E-state index is 12.5. The Morgan fingerprint density at radius 3 is 2.52 bits per heavy atom. The number of halogens is 1. The number of carbonyl (C=O) groups excluding carboxylic acids is 1. The van der Waals surface area contributed by atoms with Gasteiger partial charge in [-0.05, 0) is 60.9 Å². The van der Waals surface area contributed by atoms with Gasteiger partial charge in [0.1, 0.15) is 5.52 Å². The molecule has 0 aliphatic rings. The number of benzene rings is 3. The number of nitrogens with zero attached hydrogens (tertiary/aromatic N) is 1. The van der Waals surface area contributed by atoms with Crippen molar-refractivity contribution in [3.63, 3.8) is 0 Å². The molecule has 0 radical (unpaired) electrons. The van der Waals surface area contributed by atoms with Crippen LogP contribution in [0.1, 0.15) is 41.3 Å². The minimum Gasteiger partial charge on any atom is -0.436 e. The standard InChI is InChI=1S/C24H21ClN2O2/c1-14(2)17-8-11-22-21(12-17)27-24(29-22)19-13-18(9-10-20(19)25)26-23(28)16-6-4-15(3)5-7-16/h4-14H,1-3H3,(H,26,28). The second kappa shape index (κ2) is 7.72. The number of hydrogen-bond donors (Lipinski definition) is 1. The van der Waals surface area contributed by atoms with Gasteiger partial charge in [-0.1, -0.05) is 49.2 Å². The summed E-state index contributed by atoms with van der Waals surface area (Å²) in [5.41, 5.74) is 5.64. The van der Waals surface area contributed by atoms with E-state index in [0.717, 1.165) is 11.1 Å². The number of aryl methyl sites for hydroxylation is 1. The van der Waals surface area contributed by atoms with Crippen LogP contribution in [0.4, 0.5) is 5.69 Å². The van der Waals surface area contributed by atoms with Gasteiger partial charge < -0.3 is 9.73 Å². The molecule has 5 heteroatoms. The average Bonchev–Trinajstić information content (AvgIpc) is 3.13. The maximum Gasteiger partial charge on any atom is 0.255 e. The van der Waals surface area contributed by atoms with Crippen molar-refractivity contribution < 1.29 is 9.21 Å². The molecule has 0 bridgehead atoms. The molecule has 1 amide bonds. The van der Waals surface area contributed by atoms with Crippen LogP contribution in [0.5, 0.6) is 0 Å². The molecule has 0 saturated heterocycles. The van der Waals surface area contributed by atoms with Crippen molar-refractivity contribution in [3.05, 3.63) is 82.4 Å². The first kappa shape index (κ1) is 19.2. The molecule has 0 aliphatic heterocycles. The highest BCUT2D eigenvalue weighted by molar-refractivity contribution is 6.33. The summed E-state index contributed by atoms with van der Waals surface area (Å²) in [6, 6.07) is 18.7. The van der Waals surface area contributed by atoms with Crippen LogP contribution >= 0.6 is 11.6 Å². The van der Waals surface area contributed by atoms with Crippen molar-refractivity contribution in [3.8, 4) is 11.5 Å². The van der Waals surface area contributed by atoms with Gasteiger partial charge in [-0.2, -0.15) is 0 Å². The average molecular weight is 405 g/mol. The lowest BCUT2D eigenvalue weighted by Gasteiger charge is -2.08. The summed E-state index contributed by atoms with van der Waals surface area (Å²) in [6.45, 7) is 6.26. The van der Waals surface area contributed by atoms with E-state index in [9.17, 15) is 4.79 Å². The van der Waals surface area contributed by atoms with Crippen molar-refractivity contribution >= 4 is 34.3 Å². The third kappa shape index (κ3) is 4.03. The summed E-state index contributed by atoms with van der Waals surface area (Å²) in [6.07, 6.45) is 0. The van der Waals surface area contributed by atoms with Gasteiger partial charge in [0, 0.05) is 11.3 Å². The van der Waals surface area contributed by atoms with Gasteiger partial charge >= 0.3 is 0 Å². The van der Waals surface area contributed by atoms with E-state index < -0.39 is 0 Å². The normalized spacial score (nSPS) is 11.2. The van der Waals surface area contributed by atoms with Crippen LogP contribution in [0.3, 0.4) is 0 Å². The number of hydrogen-bond acceptors (Lipinski definition) is 3. The quantitative estimate of drug-likeness (QED) is 0.405. The molecule has 146 valence electrons. The lowest BCUT2D eigenvalue weighted by molar-refractivity contribution is 0.102. The summed E-state index contributed by atoms with van der Waals surface area (Å²) in [4.78, 5) is 17.1. The first-order valence-corrected chi connectivity index (χ1v) is 9.87. The highest BCUT2D eigenvalue weighted by Gasteiger charge is 2.15. The van der Waals surface area contributed by atoms with E-state index >= 15 is 0 Å². The molecular formula is C24H21ClN2O2. The van der Waals surface area contributed by atoms with Crippen molar-refractivity contribution in [2.75, 3.05) is 5.32 Å². The van der Waals surface area contributed by atoms with E-state index in [2.05, 4.69) is 24.1 Å². The predicted octanol–water partition coefficient (Wildman–Crippen LogP) is 6.83. The van der Waals surface area contributed by atoms with E-state index in [0.29, 0.717) is 39.2 Å². The lowest BCUT2D eigenvalue weighted by Crippen LogP contribution is -2.11. The molecule has 4 nitrogen and oxygen atoms in total. The van der Waals surface area contributed by atoms with Crippen LogP contribution in [0.25, 0.3) is 22.6 Å². The number of fused-ring (bicyclic) bond motifs is 1. The summed E-state index contributed by atoms with van der Waals surface area (Å²) < 4.78 is 5.92. The molecule has 1 heterocycles. The molecular weight excluding hydrogens is 384 g/mol. The van der Waals surface area contributed by atoms with Gasteiger partial charge in [-0.25, -0.2) is 4.98 Å². The van der Waals surface area contributed by atoms with Crippen molar-refractivity contribution in [2.24, 2.45) is 0 Å². The zero-order valence-corrected chi connectivity index (χ0v) is 17.2. The summed E-state index contributed by atoms with van der Waals surface area (Å²) in [7, 11) is 0. The van der Waals surface area contributed by atoms with Crippen molar-refractivity contribution in [1.82, 2.24) is 4.98 Å². The van der Waals surface area contributed by atoms with Gasteiger partial charge in [0.15, 0.2) is 5.58 Å². The second-order valence-electron chi connectivity index (χ2n) is 7.42. The molecule has 0 aliphatic carbocycles. The van der Waals surface area contributed by atoms with Gasteiger partial charge in [-0.3, -0.25) is 4.79 Å². The monoisotopic (exact) mass is 404 g/mol. The molecule has 0 spiro atoms. The first-order valence-electron chi connectivity index (χ1n) is 9.49. The van der Waals surface area contributed by atoms with Gasteiger partial charge in [-0.15, -0.1) is 0 Å². The molecule has 4 rings (SSSR count). The SMILES string of the molecule is Cc1ccc(C(=O)Nc2ccc(Cl)c(-c3nc4cc(C(C)C)ccc4o3)c2)cc1. The van der Waals surface area contributed by atoms with E-state index in [4.69, 9.17) is 16.0 Å². The highest BCUT2D eigenvalue weighted by atomic mass is 35.5. The van der Waals surface area contributed by atoms with E-state index in [1.165, 1.54) is 5.56 Å². The number of carbonyl (C=O) groups is 1. The maximum absolute atomic E-state index is 12.5. The molecule has 0 saturated carbocycles. The molecule has 0 atom stereocenters. The van der Waals surface area contributed by atoms with Crippen LogP contribution < -0.4 is 5.32 Å². The lowest BCUT2D eigenvalue weighted by atomic mass is 10.0. The van der Waals surface area contributed by atoms with Crippen LogP contribution in [0.15, 0.2) is 65.1 Å². The smallest absolute Gasteiger partial charge is 0.255 e. The van der Waals surface area contributed by atoms with E-state index in [-0.39, 0.29) is 5.91 Å². The fraction of sp³-hybridized carbons (Fsp3) is 0.167. The number of oxazole rings is 1. The Hall–Kier alpha value is -3.11. The highest BCUT2D eigenvalue weighted by Crippen LogP contribution is 2.33. The largest absolute Gasteiger partial charge is 0.436 e. The molecule has 1 aromatic heterocycles. The first-order chi connectivity index (χ1) is 13.9. The Morgan fingerprint density at radius 2 is 1.79 bits per heavy atom. The summed E-state index contributed by atoms with van der Waals surface area (Å²) in [5.74, 6) is 0.651. The Balaban J connectivity index is 1.65. The van der Waals surface area contributed by atoms with Crippen LogP contribution in [-0.4, -0.2) is 10.9 Å². The summed E-state index contributed by atoms with van der Waals surface area (Å²) in [5, 5.41) is 3.41. The predicted molar refractivity (Wildman–Crippen MR) is 118 cm³/mol. The molecule has 4 aromatic rings. The van der Waals surface area contributed by atoms with Crippen LogP contribution in [0, 0.1) is 6.92 Å². The Kier molecular flexibility index (Phi) is 5.12. The van der Waals surface area contributed by atoms with Crippen LogP contribution in [0.2, 0.25) is 5.02 Å². The Morgan fingerprint density at radius 1 is 1.03 bits per heavy atom. The number of rotatable bonds is 4. The molecule has 29 heavy (non-hydrogen) atoms. The molecule has 3 aromatic carbocycles. The van der Waals surface area contributed by atoms with Crippen LogP contribution in [-0.2, 0) is 0 Å². The Labute approximate surface area is 174 Å². The Bertz CT molecular complexity index is 1190. The third-order valence-electron chi connectivity index (χ3n) is 4.85. The van der Waals surface area contributed by atoms with Crippen molar-refractivity contribution in [2.45, 2.75) is 26.7 Å². The fourth-order valence-electron chi connectivity index (χ4n) is 3.09. The van der Waals surface area contributed by atoms with Gasteiger partial charge in [0.05, 0.1) is 10.6 Å². The zero-order valence-electron chi connectivity index (χ0n) is 16.5. The molecule has 1 N–H and O–H groups in total. The van der Waals surface area contributed by atoms with Crippen molar-refractivity contribution in [1.29, 1.82) is 0 Å². The van der Waals surface area contributed by atoms with Gasteiger partial charge in [0.25, 0.3) is 5.91 Å². The number of aromatic nitrogens is 1. The minimum atomic E-state index is -0.183. The fourth-order valence-corrected chi connectivity index (χ4v) is 3.29. The van der Waals surface area contributed by atoms with E-state index in [1.54, 1.807) is 30.3 Å². The molecule has 0 unspecified atom stereocenters. The number of nitrogens with one attached hydrogen (secondary N) is 1. The second-order valence-corrected chi connectivity index (χ2v) is 7.82. The molecule has 0 fully saturated rings. The summed E-state index contributed by atoms with van der Waals surface area (Å²) >= 11 is 6.40. The number of amides is 1. The third-order valence-corrected chi connectivity index (χ3v) is 5.18. The minimum absolute atomic E-state index is 0.183. The van der Waals surface area contributed by atoms with Gasteiger partial charge in [0.2, 0.25) is 5.89 Å². The zero-order chi connectivity index (χ0) is 20.5. The topological polar surface area (TPSA) is 55.1 Å².